The van der Waals surface area contributed by atoms with Crippen molar-refractivity contribution in [2.75, 3.05) is 6.54 Å². The Bertz CT molecular complexity index is 1130. The highest BCUT2D eigenvalue weighted by Crippen LogP contribution is 2.42. The van der Waals surface area contributed by atoms with Crippen molar-refractivity contribution in [2.45, 2.75) is 19.8 Å². The molecule has 5 heteroatoms. The second-order valence-electron chi connectivity index (χ2n) is 7.85. The molecule has 1 fully saturated rings. The van der Waals surface area contributed by atoms with Gasteiger partial charge in [0.25, 0.3) is 0 Å². The first kappa shape index (κ1) is 17.4. The molecule has 0 radical (unpaired) electrons. The van der Waals surface area contributed by atoms with Crippen LogP contribution in [0.5, 0.6) is 0 Å². The first-order chi connectivity index (χ1) is 13.7. The maximum Gasteiger partial charge on any atom is 0.206 e. The number of benzene rings is 1. The first-order valence-corrected chi connectivity index (χ1v) is 10.6. The molecular formula is C23H23N3OS. The Morgan fingerprint density at radius 3 is 2.96 bits per heavy atom. The molecule has 0 saturated heterocycles. The molecule has 28 heavy (non-hydrogen) atoms. The van der Waals surface area contributed by atoms with Crippen LogP contribution < -0.4 is 4.80 Å². The number of furan rings is 1. The fourth-order valence-corrected chi connectivity index (χ4v) is 4.96. The van der Waals surface area contributed by atoms with Crippen LogP contribution in [0, 0.1) is 17.8 Å². The van der Waals surface area contributed by atoms with E-state index in [1.54, 1.807) is 11.3 Å². The first-order valence-electron chi connectivity index (χ1n) is 9.74. The third-order valence-corrected chi connectivity index (χ3v) is 6.41. The zero-order chi connectivity index (χ0) is 19.1. The van der Waals surface area contributed by atoms with Gasteiger partial charge >= 0.3 is 0 Å². The molecule has 0 aliphatic heterocycles. The molecule has 5 rings (SSSR count). The molecule has 4 nitrogen and oxygen atoms in total. The van der Waals surface area contributed by atoms with Gasteiger partial charge in [0.2, 0.25) is 4.80 Å². The van der Waals surface area contributed by atoms with Crippen LogP contribution in [-0.4, -0.2) is 17.4 Å². The fraction of sp³-hybridized carbons (Fsp3) is 0.304. The number of nitrogens with zero attached hydrogens (tertiary/aromatic N) is 3. The van der Waals surface area contributed by atoms with Gasteiger partial charge in [0.05, 0.1) is 6.54 Å². The minimum Gasteiger partial charge on any atom is -0.454 e. The summed E-state index contributed by atoms with van der Waals surface area (Å²) in [6, 6.07) is 10.2. The van der Waals surface area contributed by atoms with E-state index in [0.717, 1.165) is 38.7 Å². The summed E-state index contributed by atoms with van der Waals surface area (Å²) in [6.07, 6.45) is 9.31. The van der Waals surface area contributed by atoms with Crippen molar-refractivity contribution >= 4 is 28.5 Å². The molecule has 2 aromatic heterocycles. The summed E-state index contributed by atoms with van der Waals surface area (Å²) < 4.78 is 8.03. The van der Waals surface area contributed by atoms with E-state index < -0.39 is 0 Å². The Morgan fingerprint density at radius 2 is 2.21 bits per heavy atom. The van der Waals surface area contributed by atoms with Crippen LogP contribution in [0.25, 0.3) is 22.4 Å². The Hall–Kier alpha value is -2.66. The molecule has 142 valence electrons. The van der Waals surface area contributed by atoms with Gasteiger partial charge in [-0.05, 0) is 43.7 Å². The quantitative estimate of drug-likeness (QED) is 0.420. The summed E-state index contributed by atoms with van der Waals surface area (Å²) in [5.74, 6) is 2.70. The van der Waals surface area contributed by atoms with Crippen LogP contribution in [0.3, 0.4) is 0 Å². The molecular weight excluding hydrogens is 366 g/mol. The normalized spacial score (nSPS) is 24.2. The van der Waals surface area contributed by atoms with E-state index in [4.69, 9.17) is 14.5 Å². The van der Waals surface area contributed by atoms with Crippen molar-refractivity contribution in [3.05, 3.63) is 64.8 Å². The van der Waals surface area contributed by atoms with Gasteiger partial charge in [0.1, 0.15) is 11.3 Å². The second-order valence-corrected chi connectivity index (χ2v) is 8.68. The molecule has 3 unspecified atom stereocenters. The summed E-state index contributed by atoms with van der Waals surface area (Å²) >= 11 is 1.59. The van der Waals surface area contributed by atoms with Crippen LogP contribution in [0.1, 0.15) is 19.8 Å². The SMILES string of the molecule is C=C(C)CN=c1scc(-c2cc3ccccc3o2)n1N=CC1CC2C=CC1C2. The van der Waals surface area contributed by atoms with E-state index in [0.29, 0.717) is 18.4 Å². The van der Waals surface area contributed by atoms with E-state index >= 15 is 0 Å². The van der Waals surface area contributed by atoms with Crippen LogP contribution in [-0.2, 0) is 0 Å². The zero-order valence-corrected chi connectivity index (χ0v) is 16.7. The Labute approximate surface area is 168 Å². The maximum atomic E-state index is 6.10. The molecule has 0 N–H and O–H groups in total. The number of aromatic nitrogens is 1. The van der Waals surface area contributed by atoms with Gasteiger partial charge in [-0.3, -0.25) is 4.99 Å². The highest BCUT2D eigenvalue weighted by Gasteiger charge is 2.34. The fourth-order valence-electron chi connectivity index (χ4n) is 4.15. The highest BCUT2D eigenvalue weighted by molar-refractivity contribution is 7.07. The van der Waals surface area contributed by atoms with Crippen molar-refractivity contribution < 1.29 is 4.42 Å². The van der Waals surface area contributed by atoms with E-state index in [-0.39, 0.29) is 0 Å². The lowest BCUT2D eigenvalue weighted by Crippen LogP contribution is -2.15. The second kappa shape index (κ2) is 7.06. The molecule has 2 heterocycles. The van der Waals surface area contributed by atoms with Gasteiger partial charge in [0.15, 0.2) is 5.76 Å². The number of fused-ring (bicyclic) bond motifs is 3. The highest BCUT2D eigenvalue weighted by atomic mass is 32.1. The number of rotatable bonds is 5. The number of allylic oxidation sites excluding steroid dienone is 2. The smallest absolute Gasteiger partial charge is 0.206 e. The topological polar surface area (TPSA) is 42.8 Å². The van der Waals surface area contributed by atoms with Gasteiger partial charge < -0.3 is 4.42 Å². The molecule has 2 aliphatic carbocycles. The van der Waals surface area contributed by atoms with Crippen LogP contribution in [0.4, 0.5) is 0 Å². The average molecular weight is 390 g/mol. The van der Waals surface area contributed by atoms with E-state index in [1.807, 2.05) is 29.8 Å². The molecule has 3 aromatic rings. The number of thiazole rings is 1. The zero-order valence-electron chi connectivity index (χ0n) is 15.9. The number of hydrogen-bond donors (Lipinski definition) is 0. The Morgan fingerprint density at radius 1 is 1.32 bits per heavy atom. The molecule has 0 spiro atoms. The van der Waals surface area contributed by atoms with Crippen molar-refractivity contribution in [3.63, 3.8) is 0 Å². The average Bonchev–Trinajstić information content (AvgIpc) is 3.46. The van der Waals surface area contributed by atoms with Crippen molar-refractivity contribution in [3.8, 4) is 11.5 Å². The Balaban J connectivity index is 1.56. The van der Waals surface area contributed by atoms with Crippen LogP contribution >= 0.6 is 11.3 Å². The van der Waals surface area contributed by atoms with Crippen LogP contribution in [0.15, 0.2) is 74.5 Å². The molecule has 2 aliphatic rings. The van der Waals surface area contributed by atoms with Gasteiger partial charge in [-0.2, -0.15) is 5.10 Å². The maximum absolute atomic E-state index is 6.10. The lowest BCUT2D eigenvalue weighted by molar-refractivity contribution is 0.588. The minimum absolute atomic E-state index is 0.514. The predicted octanol–water partition coefficient (Wildman–Crippen LogP) is 5.49. The van der Waals surface area contributed by atoms with Crippen LogP contribution in [0.2, 0.25) is 0 Å². The molecule has 1 aromatic carbocycles. The third kappa shape index (κ3) is 3.20. The van der Waals surface area contributed by atoms with Crippen molar-refractivity contribution in [1.82, 2.24) is 4.68 Å². The number of para-hydroxylation sites is 1. The van der Waals surface area contributed by atoms with E-state index in [1.165, 1.54) is 12.8 Å². The lowest BCUT2D eigenvalue weighted by atomic mass is 9.95. The van der Waals surface area contributed by atoms with Gasteiger partial charge in [0, 0.05) is 22.9 Å². The molecule has 0 amide bonds. The predicted molar refractivity (Wildman–Crippen MR) is 115 cm³/mol. The minimum atomic E-state index is 0.514. The molecule has 1 saturated carbocycles. The summed E-state index contributed by atoms with van der Waals surface area (Å²) in [5.41, 5.74) is 2.86. The summed E-state index contributed by atoms with van der Waals surface area (Å²) in [4.78, 5) is 5.58. The van der Waals surface area contributed by atoms with Gasteiger partial charge in [-0.15, -0.1) is 11.3 Å². The van der Waals surface area contributed by atoms with Gasteiger partial charge in [-0.1, -0.05) is 42.5 Å². The molecule has 2 bridgehead atoms. The number of hydrogen-bond acceptors (Lipinski definition) is 4. The summed E-state index contributed by atoms with van der Waals surface area (Å²) in [6.45, 7) is 6.56. The lowest BCUT2D eigenvalue weighted by Gasteiger charge is -2.12. The van der Waals surface area contributed by atoms with Gasteiger partial charge in [-0.25, -0.2) is 4.68 Å². The third-order valence-electron chi connectivity index (χ3n) is 5.55. The Kier molecular flexibility index (Phi) is 4.40. The monoisotopic (exact) mass is 389 g/mol. The standard InChI is InChI=1S/C23H23N3OS/c1-15(2)12-24-23-26(25-13-19-10-16-7-8-17(19)9-16)20(14-28-23)22-11-18-5-3-4-6-21(18)27-22/h3-8,11,13-14,16-17,19H,1,9-10,12H2,2H3. The summed E-state index contributed by atoms with van der Waals surface area (Å²) in [5, 5.41) is 8.05. The molecule has 3 atom stereocenters. The van der Waals surface area contributed by atoms with E-state index in [9.17, 15) is 0 Å². The largest absolute Gasteiger partial charge is 0.454 e. The van der Waals surface area contributed by atoms with Crippen molar-refractivity contribution in [2.24, 2.45) is 27.8 Å². The van der Waals surface area contributed by atoms with E-state index in [2.05, 4.69) is 42.5 Å². The van der Waals surface area contributed by atoms with Crippen molar-refractivity contribution in [1.29, 1.82) is 0 Å². The summed E-state index contributed by atoms with van der Waals surface area (Å²) in [7, 11) is 0.